The van der Waals surface area contributed by atoms with Gasteiger partial charge < -0.3 is 10.6 Å². The van der Waals surface area contributed by atoms with Crippen molar-refractivity contribution in [1.29, 1.82) is 0 Å². The molecule has 0 bridgehead atoms. The van der Waals surface area contributed by atoms with E-state index in [1.807, 2.05) is 17.5 Å². The minimum atomic E-state index is -0.285. The maximum absolute atomic E-state index is 12.6. The molecule has 2 aromatic carbocycles. The third-order valence-electron chi connectivity index (χ3n) is 4.83. The fourth-order valence-electron chi connectivity index (χ4n) is 3.11. The van der Waals surface area contributed by atoms with Crippen molar-refractivity contribution < 1.29 is 9.59 Å². The first-order valence-corrected chi connectivity index (χ1v) is 11.2. The predicted octanol–water partition coefficient (Wildman–Crippen LogP) is 5.55. The van der Waals surface area contributed by atoms with E-state index in [1.165, 1.54) is 5.56 Å². The Morgan fingerprint density at radius 2 is 1.67 bits per heavy atom. The Balaban J connectivity index is 1.61. The van der Waals surface area contributed by atoms with Crippen molar-refractivity contribution in [1.82, 2.24) is 10.6 Å². The topological polar surface area (TPSA) is 58.2 Å². The Bertz CT molecular complexity index is 985. The summed E-state index contributed by atoms with van der Waals surface area (Å²) in [5, 5.41) is 8.25. The molecule has 0 spiro atoms. The molecule has 3 rings (SSSR count). The number of thiophene rings is 1. The first-order valence-electron chi connectivity index (χ1n) is 9.91. The summed E-state index contributed by atoms with van der Waals surface area (Å²) in [6.07, 6.45) is 0.183. The molecule has 4 nitrogen and oxygen atoms in total. The molecule has 0 fully saturated rings. The van der Waals surface area contributed by atoms with E-state index < -0.39 is 0 Å². The van der Waals surface area contributed by atoms with Gasteiger partial charge in [0.2, 0.25) is 5.91 Å². The number of nitrogens with one attached hydrogen (secondary N) is 2. The van der Waals surface area contributed by atoms with Crippen LogP contribution < -0.4 is 10.6 Å². The number of carbonyl (C=O) groups excluding carboxylic acids is 2. The Morgan fingerprint density at radius 1 is 0.967 bits per heavy atom. The third-order valence-corrected chi connectivity index (χ3v) is 6.09. The van der Waals surface area contributed by atoms with Gasteiger partial charge in [-0.2, -0.15) is 0 Å². The van der Waals surface area contributed by atoms with Crippen LogP contribution in [0.5, 0.6) is 0 Å². The van der Waals surface area contributed by atoms with Gasteiger partial charge in [0.1, 0.15) is 0 Å². The van der Waals surface area contributed by atoms with Crippen LogP contribution in [-0.2, 0) is 4.79 Å². The van der Waals surface area contributed by atoms with Crippen LogP contribution in [0.3, 0.4) is 0 Å². The first kappa shape index (κ1) is 22.1. The van der Waals surface area contributed by atoms with Gasteiger partial charge in [-0.3, -0.25) is 9.59 Å². The lowest BCUT2D eigenvalue weighted by Crippen LogP contribution is -2.33. The molecular formula is C24H25ClN2O2S. The molecule has 156 valence electrons. The SMILES string of the molecule is CC(C)c1ccc(C(NC(=O)CCNC(=O)c2ccccc2Cl)c2cccs2)cc1. The summed E-state index contributed by atoms with van der Waals surface area (Å²) in [6, 6.07) is 19.0. The molecule has 1 unspecified atom stereocenters. The highest BCUT2D eigenvalue weighted by atomic mass is 35.5. The molecule has 0 aliphatic rings. The molecule has 1 aromatic heterocycles. The predicted molar refractivity (Wildman–Crippen MR) is 123 cm³/mol. The highest BCUT2D eigenvalue weighted by Crippen LogP contribution is 2.27. The van der Waals surface area contributed by atoms with Gasteiger partial charge in [0.15, 0.2) is 0 Å². The highest BCUT2D eigenvalue weighted by molar-refractivity contribution is 7.10. The minimum absolute atomic E-state index is 0.124. The maximum atomic E-state index is 12.6. The summed E-state index contributed by atoms with van der Waals surface area (Å²) in [5.74, 6) is 0.0452. The van der Waals surface area contributed by atoms with E-state index in [4.69, 9.17) is 11.6 Å². The molecule has 0 aliphatic carbocycles. The van der Waals surface area contributed by atoms with Crippen molar-refractivity contribution >= 4 is 34.8 Å². The van der Waals surface area contributed by atoms with Crippen molar-refractivity contribution in [3.8, 4) is 0 Å². The molecule has 3 aromatic rings. The molecule has 0 radical (unpaired) electrons. The summed E-state index contributed by atoms with van der Waals surface area (Å²) in [7, 11) is 0. The summed E-state index contributed by atoms with van der Waals surface area (Å²) >= 11 is 7.65. The van der Waals surface area contributed by atoms with E-state index in [1.54, 1.807) is 35.6 Å². The second kappa shape index (κ2) is 10.4. The standard InChI is InChI=1S/C24H25ClN2O2S/c1-16(2)17-9-11-18(12-10-17)23(21-8-5-15-30-21)27-22(28)13-14-26-24(29)19-6-3-4-7-20(19)25/h3-12,15-16,23H,13-14H2,1-2H3,(H,26,29)(H,27,28). The van der Waals surface area contributed by atoms with Crippen molar-refractivity contribution in [2.24, 2.45) is 0 Å². The van der Waals surface area contributed by atoms with Crippen molar-refractivity contribution in [2.75, 3.05) is 6.54 Å². The van der Waals surface area contributed by atoms with Crippen LogP contribution in [0.15, 0.2) is 66.0 Å². The van der Waals surface area contributed by atoms with Gasteiger partial charge in [-0.05, 0) is 40.6 Å². The van der Waals surface area contributed by atoms with E-state index in [2.05, 4.69) is 48.7 Å². The van der Waals surface area contributed by atoms with E-state index in [0.29, 0.717) is 16.5 Å². The van der Waals surface area contributed by atoms with Gasteiger partial charge in [0, 0.05) is 17.8 Å². The fraction of sp³-hybridized carbons (Fsp3) is 0.250. The lowest BCUT2D eigenvalue weighted by molar-refractivity contribution is -0.121. The Labute approximate surface area is 186 Å². The Morgan fingerprint density at radius 3 is 2.30 bits per heavy atom. The van der Waals surface area contributed by atoms with E-state index >= 15 is 0 Å². The van der Waals surface area contributed by atoms with Gasteiger partial charge in [-0.15, -0.1) is 11.3 Å². The second-order valence-corrected chi connectivity index (χ2v) is 8.71. The van der Waals surface area contributed by atoms with E-state index in [-0.39, 0.29) is 30.8 Å². The first-order chi connectivity index (χ1) is 14.5. The quantitative estimate of drug-likeness (QED) is 0.482. The van der Waals surface area contributed by atoms with Gasteiger partial charge in [0.05, 0.1) is 16.6 Å². The van der Waals surface area contributed by atoms with Crippen LogP contribution in [0.25, 0.3) is 0 Å². The van der Waals surface area contributed by atoms with Gasteiger partial charge in [-0.1, -0.05) is 67.9 Å². The van der Waals surface area contributed by atoms with Crippen LogP contribution in [0.1, 0.15) is 58.6 Å². The van der Waals surface area contributed by atoms with Gasteiger partial charge in [-0.25, -0.2) is 0 Å². The molecule has 30 heavy (non-hydrogen) atoms. The summed E-state index contributed by atoms with van der Waals surface area (Å²) in [5.41, 5.74) is 2.70. The summed E-state index contributed by atoms with van der Waals surface area (Å²) < 4.78 is 0. The lowest BCUT2D eigenvalue weighted by Gasteiger charge is -2.19. The monoisotopic (exact) mass is 440 g/mol. The Hall–Kier alpha value is -2.63. The molecule has 1 heterocycles. The van der Waals surface area contributed by atoms with Gasteiger partial charge in [0.25, 0.3) is 5.91 Å². The van der Waals surface area contributed by atoms with Gasteiger partial charge >= 0.3 is 0 Å². The second-order valence-electron chi connectivity index (χ2n) is 7.32. The van der Waals surface area contributed by atoms with E-state index in [0.717, 1.165) is 10.4 Å². The molecule has 0 saturated heterocycles. The fourth-order valence-corrected chi connectivity index (χ4v) is 4.13. The number of hydrogen-bond donors (Lipinski definition) is 2. The van der Waals surface area contributed by atoms with Crippen LogP contribution in [-0.4, -0.2) is 18.4 Å². The number of halogens is 1. The molecule has 0 aliphatic heterocycles. The van der Waals surface area contributed by atoms with E-state index in [9.17, 15) is 9.59 Å². The largest absolute Gasteiger partial charge is 0.351 e. The van der Waals surface area contributed by atoms with Crippen molar-refractivity contribution in [3.63, 3.8) is 0 Å². The van der Waals surface area contributed by atoms with Crippen molar-refractivity contribution in [3.05, 3.63) is 92.6 Å². The lowest BCUT2D eigenvalue weighted by atomic mass is 9.98. The average Bonchev–Trinajstić information content (AvgIpc) is 3.27. The molecule has 0 saturated carbocycles. The van der Waals surface area contributed by atoms with Crippen molar-refractivity contribution in [2.45, 2.75) is 32.2 Å². The normalized spacial score (nSPS) is 11.9. The van der Waals surface area contributed by atoms with Crippen LogP contribution in [0.4, 0.5) is 0 Å². The zero-order chi connectivity index (χ0) is 21.5. The molecule has 2 amide bonds. The smallest absolute Gasteiger partial charge is 0.252 e. The molecule has 6 heteroatoms. The number of carbonyl (C=O) groups is 2. The molecular weight excluding hydrogens is 416 g/mol. The van der Waals surface area contributed by atoms with Crippen LogP contribution in [0.2, 0.25) is 5.02 Å². The zero-order valence-corrected chi connectivity index (χ0v) is 18.6. The number of benzene rings is 2. The number of hydrogen-bond acceptors (Lipinski definition) is 3. The zero-order valence-electron chi connectivity index (χ0n) is 17.0. The summed E-state index contributed by atoms with van der Waals surface area (Å²) in [4.78, 5) is 25.9. The minimum Gasteiger partial charge on any atom is -0.351 e. The average molecular weight is 441 g/mol. The highest BCUT2D eigenvalue weighted by Gasteiger charge is 2.18. The van der Waals surface area contributed by atoms with Crippen LogP contribution in [0, 0.1) is 0 Å². The third kappa shape index (κ3) is 5.71. The Kier molecular flexibility index (Phi) is 7.66. The molecule has 1 atom stereocenters. The molecule has 2 N–H and O–H groups in total. The number of amides is 2. The number of rotatable bonds is 8. The summed E-state index contributed by atoms with van der Waals surface area (Å²) in [6.45, 7) is 4.55. The maximum Gasteiger partial charge on any atom is 0.252 e. The van der Waals surface area contributed by atoms with Crippen LogP contribution >= 0.6 is 22.9 Å².